The second-order valence-electron chi connectivity index (χ2n) is 7.21. The summed E-state index contributed by atoms with van der Waals surface area (Å²) in [6, 6.07) is 0.800. The fourth-order valence-corrected chi connectivity index (χ4v) is 4.27. The molecule has 128 valence electrons. The van der Waals surface area contributed by atoms with Crippen LogP contribution < -0.4 is 0 Å². The first-order valence-electron chi connectivity index (χ1n) is 9.25. The number of morpholine rings is 1. The molecule has 3 fully saturated rings. The Morgan fingerprint density at radius 2 is 1.83 bits per heavy atom. The maximum Gasteiger partial charge on any atom is 0.231 e. The van der Waals surface area contributed by atoms with Crippen LogP contribution in [0.1, 0.15) is 56.2 Å². The molecule has 1 atom stereocenters. The first-order chi connectivity index (χ1) is 11.4. The topological polar surface area (TPSA) is 54.6 Å². The van der Waals surface area contributed by atoms with E-state index in [4.69, 9.17) is 14.2 Å². The van der Waals surface area contributed by atoms with Crippen molar-refractivity contribution in [3.05, 3.63) is 11.7 Å². The van der Waals surface area contributed by atoms with E-state index >= 15 is 0 Å². The lowest BCUT2D eigenvalue weighted by molar-refractivity contribution is 0.0327. The molecule has 1 aromatic heterocycles. The van der Waals surface area contributed by atoms with Crippen LogP contribution in [0, 0.1) is 0 Å². The van der Waals surface area contributed by atoms with Crippen molar-refractivity contribution in [2.24, 2.45) is 0 Å². The van der Waals surface area contributed by atoms with Crippen LogP contribution in [0.4, 0.5) is 0 Å². The van der Waals surface area contributed by atoms with Gasteiger partial charge in [-0.1, -0.05) is 18.0 Å². The summed E-state index contributed by atoms with van der Waals surface area (Å²) in [6.07, 6.45) is 7.98. The smallest absolute Gasteiger partial charge is 0.231 e. The predicted molar refractivity (Wildman–Crippen MR) is 86.2 cm³/mol. The molecule has 23 heavy (non-hydrogen) atoms. The van der Waals surface area contributed by atoms with E-state index in [9.17, 15) is 0 Å². The normalized spacial score (nSPS) is 28.4. The zero-order valence-electron chi connectivity index (χ0n) is 14.0. The highest BCUT2D eigenvalue weighted by molar-refractivity contribution is 4.98. The van der Waals surface area contributed by atoms with Gasteiger partial charge in [-0.25, -0.2) is 0 Å². The van der Waals surface area contributed by atoms with E-state index in [1.165, 1.54) is 45.1 Å². The van der Waals surface area contributed by atoms with E-state index in [0.29, 0.717) is 5.92 Å². The summed E-state index contributed by atoms with van der Waals surface area (Å²) in [6.45, 7) is 6.67. The molecule has 0 spiro atoms. The SMILES string of the molecule is C1CCC(N2CCCC(c3nc(CN4CCOCC4)no3)C2)C1. The third-order valence-corrected chi connectivity index (χ3v) is 5.60. The van der Waals surface area contributed by atoms with Gasteiger partial charge in [0.05, 0.1) is 25.7 Å². The van der Waals surface area contributed by atoms with E-state index in [1.807, 2.05) is 0 Å². The Bertz CT molecular complexity index is 495. The van der Waals surface area contributed by atoms with Gasteiger partial charge in [-0.3, -0.25) is 9.80 Å². The van der Waals surface area contributed by atoms with E-state index in [1.54, 1.807) is 0 Å². The Balaban J connectivity index is 1.35. The molecule has 0 amide bonds. The van der Waals surface area contributed by atoms with Crippen molar-refractivity contribution in [1.82, 2.24) is 19.9 Å². The van der Waals surface area contributed by atoms with Crippen molar-refractivity contribution in [2.75, 3.05) is 39.4 Å². The molecular weight excluding hydrogens is 292 g/mol. The molecule has 0 bridgehead atoms. The van der Waals surface area contributed by atoms with Crippen LogP contribution in [0.2, 0.25) is 0 Å². The van der Waals surface area contributed by atoms with Crippen molar-refractivity contribution < 1.29 is 9.26 Å². The van der Waals surface area contributed by atoms with E-state index in [2.05, 4.69) is 15.0 Å². The minimum absolute atomic E-state index is 0.426. The van der Waals surface area contributed by atoms with Gasteiger partial charge in [-0.2, -0.15) is 4.98 Å². The van der Waals surface area contributed by atoms with Crippen molar-refractivity contribution in [3.63, 3.8) is 0 Å². The van der Waals surface area contributed by atoms with Crippen molar-refractivity contribution in [1.29, 1.82) is 0 Å². The highest BCUT2D eigenvalue weighted by Crippen LogP contribution is 2.31. The summed E-state index contributed by atoms with van der Waals surface area (Å²) >= 11 is 0. The summed E-state index contributed by atoms with van der Waals surface area (Å²) < 4.78 is 11.0. The Kier molecular flexibility index (Phi) is 4.92. The molecule has 2 saturated heterocycles. The maximum atomic E-state index is 5.61. The fraction of sp³-hybridized carbons (Fsp3) is 0.882. The summed E-state index contributed by atoms with van der Waals surface area (Å²) in [7, 11) is 0. The highest BCUT2D eigenvalue weighted by atomic mass is 16.5. The largest absolute Gasteiger partial charge is 0.379 e. The number of nitrogens with zero attached hydrogens (tertiary/aromatic N) is 4. The van der Waals surface area contributed by atoms with Crippen LogP contribution in [-0.2, 0) is 11.3 Å². The third kappa shape index (κ3) is 3.75. The maximum absolute atomic E-state index is 5.61. The van der Waals surface area contributed by atoms with Crippen LogP contribution in [-0.4, -0.2) is 65.4 Å². The van der Waals surface area contributed by atoms with Crippen LogP contribution in [0.5, 0.6) is 0 Å². The molecule has 0 N–H and O–H groups in total. The number of hydrogen-bond donors (Lipinski definition) is 0. The summed E-state index contributed by atoms with van der Waals surface area (Å²) in [5.74, 6) is 2.12. The molecule has 1 aliphatic carbocycles. The van der Waals surface area contributed by atoms with Gasteiger partial charge >= 0.3 is 0 Å². The van der Waals surface area contributed by atoms with Crippen LogP contribution in [0.3, 0.4) is 0 Å². The third-order valence-electron chi connectivity index (χ3n) is 5.60. The number of likely N-dealkylation sites (tertiary alicyclic amines) is 1. The lowest BCUT2D eigenvalue weighted by Crippen LogP contribution is -2.40. The number of piperidine rings is 1. The number of hydrogen-bond acceptors (Lipinski definition) is 6. The van der Waals surface area contributed by atoms with Gasteiger partial charge in [-0.15, -0.1) is 0 Å². The Morgan fingerprint density at radius 3 is 2.65 bits per heavy atom. The highest BCUT2D eigenvalue weighted by Gasteiger charge is 2.31. The standard InChI is InChI=1S/C17H28N4O2/c1-2-6-15(5-1)21-7-3-4-14(12-21)17-18-16(19-23-17)13-20-8-10-22-11-9-20/h14-15H,1-13H2. The molecule has 6 nitrogen and oxygen atoms in total. The molecule has 1 aromatic rings. The predicted octanol–water partition coefficient (Wildman–Crippen LogP) is 2.02. The number of rotatable bonds is 4. The quantitative estimate of drug-likeness (QED) is 0.846. The Morgan fingerprint density at radius 1 is 1.00 bits per heavy atom. The van der Waals surface area contributed by atoms with Crippen molar-refractivity contribution in [2.45, 2.75) is 57.0 Å². The minimum atomic E-state index is 0.426. The zero-order valence-corrected chi connectivity index (χ0v) is 14.0. The first kappa shape index (κ1) is 15.5. The molecule has 0 aromatic carbocycles. The van der Waals surface area contributed by atoms with Gasteiger partial charge in [0, 0.05) is 25.7 Å². The molecule has 3 aliphatic rings. The average molecular weight is 320 g/mol. The van der Waals surface area contributed by atoms with Crippen LogP contribution in [0.25, 0.3) is 0 Å². The molecular formula is C17H28N4O2. The van der Waals surface area contributed by atoms with Gasteiger partial charge in [0.1, 0.15) is 0 Å². The minimum Gasteiger partial charge on any atom is -0.379 e. The van der Waals surface area contributed by atoms with E-state index < -0.39 is 0 Å². The van der Waals surface area contributed by atoms with E-state index in [-0.39, 0.29) is 0 Å². The summed E-state index contributed by atoms with van der Waals surface area (Å²) in [4.78, 5) is 9.71. The van der Waals surface area contributed by atoms with Gasteiger partial charge in [0.25, 0.3) is 0 Å². The second-order valence-corrected chi connectivity index (χ2v) is 7.21. The summed E-state index contributed by atoms with van der Waals surface area (Å²) in [5.41, 5.74) is 0. The second kappa shape index (κ2) is 7.28. The lowest BCUT2D eigenvalue weighted by atomic mass is 9.96. The monoisotopic (exact) mass is 320 g/mol. The Labute approximate surface area is 138 Å². The molecule has 1 saturated carbocycles. The zero-order chi connectivity index (χ0) is 15.5. The molecule has 4 rings (SSSR count). The fourth-order valence-electron chi connectivity index (χ4n) is 4.27. The Hall–Kier alpha value is -0.980. The summed E-state index contributed by atoms with van der Waals surface area (Å²) in [5, 5.41) is 4.22. The van der Waals surface area contributed by atoms with Crippen molar-refractivity contribution >= 4 is 0 Å². The molecule has 2 aliphatic heterocycles. The molecule has 1 unspecified atom stereocenters. The molecule has 0 radical (unpaired) electrons. The van der Waals surface area contributed by atoms with Gasteiger partial charge in [0.2, 0.25) is 5.89 Å². The number of aromatic nitrogens is 2. The molecule has 6 heteroatoms. The number of ether oxygens (including phenoxy) is 1. The first-order valence-corrected chi connectivity index (χ1v) is 9.25. The molecule has 3 heterocycles. The van der Waals surface area contributed by atoms with Crippen molar-refractivity contribution in [3.8, 4) is 0 Å². The lowest BCUT2D eigenvalue weighted by Gasteiger charge is -2.35. The van der Waals surface area contributed by atoms with Crippen LogP contribution >= 0.6 is 0 Å². The van der Waals surface area contributed by atoms with Crippen LogP contribution in [0.15, 0.2) is 4.52 Å². The van der Waals surface area contributed by atoms with E-state index in [0.717, 1.165) is 57.1 Å². The average Bonchev–Trinajstić information content (AvgIpc) is 3.28. The van der Waals surface area contributed by atoms with Gasteiger partial charge in [0.15, 0.2) is 5.82 Å². The van der Waals surface area contributed by atoms with Gasteiger partial charge in [-0.05, 0) is 32.2 Å². The van der Waals surface area contributed by atoms with Gasteiger partial charge < -0.3 is 9.26 Å².